The van der Waals surface area contributed by atoms with Gasteiger partial charge in [0.15, 0.2) is 0 Å². The number of hydrogen-bond donors (Lipinski definition) is 1. The van der Waals surface area contributed by atoms with Gasteiger partial charge in [-0.1, -0.05) is 30.8 Å². The molecule has 0 unspecified atom stereocenters. The summed E-state index contributed by atoms with van der Waals surface area (Å²) < 4.78 is 11.4. The fourth-order valence-corrected chi connectivity index (χ4v) is 2.22. The quantitative estimate of drug-likeness (QED) is 0.735. The first-order chi connectivity index (χ1) is 12.0. The van der Waals surface area contributed by atoms with E-state index in [9.17, 15) is 4.79 Å². The van der Waals surface area contributed by atoms with Crippen LogP contribution in [-0.2, 0) is 0 Å². The average molecular weight is 339 g/mol. The normalized spacial score (nSPS) is 11.5. The molecule has 0 spiro atoms. The number of hydrogen-bond acceptors (Lipinski definition) is 3. The smallest absolute Gasteiger partial charge is 0.251 e. The van der Waals surface area contributed by atoms with Gasteiger partial charge in [0.2, 0.25) is 0 Å². The maximum absolute atomic E-state index is 12.4. The van der Waals surface area contributed by atoms with E-state index in [0.29, 0.717) is 24.5 Å². The van der Waals surface area contributed by atoms with E-state index >= 15 is 0 Å². The van der Waals surface area contributed by atoms with E-state index in [2.05, 4.69) is 11.9 Å². The molecule has 1 N–H and O–H groups in total. The summed E-state index contributed by atoms with van der Waals surface area (Å²) in [6.07, 6.45) is 0. The van der Waals surface area contributed by atoms with Gasteiger partial charge in [0.25, 0.3) is 5.91 Å². The zero-order valence-electron chi connectivity index (χ0n) is 15.0. The molecule has 2 rings (SSSR count). The lowest BCUT2D eigenvalue weighted by molar-refractivity contribution is 0.0926. The number of ether oxygens (including phenoxy) is 2. The van der Waals surface area contributed by atoms with Gasteiger partial charge in [-0.25, -0.2) is 0 Å². The van der Waals surface area contributed by atoms with Crippen LogP contribution < -0.4 is 14.8 Å². The summed E-state index contributed by atoms with van der Waals surface area (Å²) in [4.78, 5) is 12.4. The van der Waals surface area contributed by atoms with Crippen LogP contribution in [0.4, 0.5) is 0 Å². The lowest BCUT2D eigenvalue weighted by Crippen LogP contribution is -2.36. The maximum atomic E-state index is 12.4. The molecule has 0 aliphatic carbocycles. The Bertz CT molecular complexity index is 739. The first kappa shape index (κ1) is 18.6. The van der Waals surface area contributed by atoms with Crippen LogP contribution in [0.2, 0.25) is 0 Å². The molecule has 0 radical (unpaired) electrons. The Morgan fingerprint density at radius 3 is 2.64 bits per heavy atom. The molecule has 0 bridgehead atoms. The van der Waals surface area contributed by atoms with Crippen molar-refractivity contribution in [2.45, 2.75) is 26.8 Å². The van der Waals surface area contributed by atoms with Gasteiger partial charge in [0.1, 0.15) is 24.7 Å². The lowest BCUT2D eigenvalue weighted by atomic mass is 10.2. The number of aryl methyl sites for hydroxylation is 1. The van der Waals surface area contributed by atoms with Crippen LogP contribution in [0.15, 0.2) is 60.7 Å². The highest BCUT2D eigenvalue weighted by atomic mass is 16.5. The van der Waals surface area contributed by atoms with Crippen LogP contribution in [0.1, 0.15) is 29.8 Å². The highest BCUT2D eigenvalue weighted by molar-refractivity contribution is 5.94. The molecule has 0 aliphatic heterocycles. The summed E-state index contributed by atoms with van der Waals surface area (Å²) in [6.45, 7) is 10.4. The Labute approximate surface area is 149 Å². The highest BCUT2D eigenvalue weighted by Gasteiger charge is 2.11. The summed E-state index contributed by atoms with van der Waals surface area (Å²) in [7, 11) is 0. The molecule has 2 aromatic carbocycles. The molecule has 25 heavy (non-hydrogen) atoms. The van der Waals surface area contributed by atoms with E-state index in [1.165, 1.54) is 0 Å². The fraction of sp³-hybridized carbons (Fsp3) is 0.286. The van der Waals surface area contributed by atoms with Crippen LogP contribution in [0, 0.1) is 6.92 Å². The van der Waals surface area contributed by atoms with E-state index in [0.717, 1.165) is 16.9 Å². The molecular formula is C21H25NO3. The largest absolute Gasteiger partial charge is 0.491 e. The third-order valence-corrected chi connectivity index (χ3v) is 3.54. The van der Waals surface area contributed by atoms with E-state index in [1.54, 1.807) is 18.2 Å². The van der Waals surface area contributed by atoms with Crippen LogP contribution in [0.25, 0.3) is 0 Å². The molecule has 2 aromatic rings. The van der Waals surface area contributed by atoms with Crippen LogP contribution in [0.5, 0.6) is 11.5 Å². The van der Waals surface area contributed by atoms with Crippen molar-refractivity contribution >= 4 is 5.91 Å². The van der Waals surface area contributed by atoms with E-state index in [-0.39, 0.29) is 11.9 Å². The topological polar surface area (TPSA) is 47.6 Å². The molecule has 0 aliphatic rings. The van der Waals surface area contributed by atoms with Crippen LogP contribution in [0.3, 0.4) is 0 Å². The molecular weight excluding hydrogens is 314 g/mol. The lowest BCUT2D eigenvalue weighted by Gasteiger charge is -2.16. The van der Waals surface area contributed by atoms with Gasteiger partial charge in [-0.05, 0) is 56.2 Å². The molecule has 0 saturated heterocycles. The molecule has 1 atom stereocenters. The molecule has 4 heteroatoms. The minimum atomic E-state index is -0.151. The van der Waals surface area contributed by atoms with Crippen molar-refractivity contribution in [3.8, 4) is 11.5 Å². The number of nitrogens with one attached hydrogen (secondary N) is 1. The predicted octanol–water partition coefficient (Wildman–Crippen LogP) is 4.15. The maximum Gasteiger partial charge on any atom is 0.251 e. The molecule has 1 amide bonds. The first-order valence-corrected chi connectivity index (χ1v) is 8.32. The van der Waals surface area contributed by atoms with Gasteiger partial charge >= 0.3 is 0 Å². The minimum absolute atomic E-state index is 0.118. The molecule has 0 fully saturated rings. The predicted molar refractivity (Wildman–Crippen MR) is 100 cm³/mol. The number of para-hydroxylation sites is 1. The number of carbonyl (C=O) groups is 1. The van der Waals surface area contributed by atoms with Gasteiger partial charge in [-0.3, -0.25) is 4.79 Å². The van der Waals surface area contributed by atoms with E-state index < -0.39 is 0 Å². The summed E-state index contributed by atoms with van der Waals surface area (Å²) in [6, 6.07) is 14.8. The summed E-state index contributed by atoms with van der Waals surface area (Å²) in [5, 5.41) is 2.94. The minimum Gasteiger partial charge on any atom is -0.491 e. The van der Waals surface area contributed by atoms with Gasteiger partial charge < -0.3 is 14.8 Å². The van der Waals surface area contributed by atoms with Crippen molar-refractivity contribution in [3.63, 3.8) is 0 Å². The Hall–Kier alpha value is -2.75. The number of amides is 1. The Morgan fingerprint density at radius 1 is 1.16 bits per heavy atom. The number of carbonyl (C=O) groups excluding carboxylic acids is 1. The van der Waals surface area contributed by atoms with Gasteiger partial charge in [-0.2, -0.15) is 0 Å². The fourth-order valence-electron chi connectivity index (χ4n) is 2.22. The summed E-state index contributed by atoms with van der Waals surface area (Å²) >= 11 is 0. The van der Waals surface area contributed by atoms with Gasteiger partial charge in [-0.15, -0.1) is 0 Å². The molecule has 132 valence electrons. The van der Waals surface area contributed by atoms with Crippen molar-refractivity contribution in [3.05, 3.63) is 71.8 Å². The monoisotopic (exact) mass is 339 g/mol. The van der Waals surface area contributed by atoms with Gasteiger partial charge in [0.05, 0.1) is 6.04 Å². The zero-order chi connectivity index (χ0) is 18.2. The highest BCUT2D eigenvalue weighted by Crippen LogP contribution is 2.17. The molecule has 0 saturated carbocycles. The van der Waals surface area contributed by atoms with Crippen molar-refractivity contribution < 1.29 is 14.3 Å². The SMILES string of the molecule is C=C(C)COc1cccc(C(=O)N[C@@H](C)COc2ccccc2C)c1. The second-order valence-corrected chi connectivity index (χ2v) is 6.22. The Balaban J connectivity index is 1.89. The number of benzene rings is 2. The summed E-state index contributed by atoms with van der Waals surface area (Å²) in [5.74, 6) is 1.33. The van der Waals surface area contributed by atoms with Crippen molar-refractivity contribution in [2.24, 2.45) is 0 Å². The van der Waals surface area contributed by atoms with Crippen molar-refractivity contribution in [1.82, 2.24) is 5.32 Å². The second kappa shape index (κ2) is 8.92. The zero-order valence-corrected chi connectivity index (χ0v) is 15.0. The van der Waals surface area contributed by atoms with Gasteiger partial charge in [0, 0.05) is 5.56 Å². The first-order valence-electron chi connectivity index (χ1n) is 8.32. The van der Waals surface area contributed by atoms with Crippen molar-refractivity contribution in [2.75, 3.05) is 13.2 Å². The van der Waals surface area contributed by atoms with Crippen LogP contribution in [-0.4, -0.2) is 25.2 Å². The molecule has 0 aromatic heterocycles. The third-order valence-electron chi connectivity index (χ3n) is 3.54. The average Bonchev–Trinajstić information content (AvgIpc) is 2.59. The van der Waals surface area contributed by atoms with Crippen molar-refractivity contribution in [1.29, 1.82) is 0 Å². The Kier molecular flexibility index (Phi) is 6.63. The van der Waals surface area contributed by atoms with E-state index in [1.807, 2.05) is 51.1 Å². The Morgan fingerprint density at radius 2 is 1.92 bits per heavy atom. The standard InChI is InChI=1S/C21H25NO3/c1-15(2)13-24-19-10-7-9-18(12-19)21(23)22-17(4)14-25-20-11-6-5-8-16(20)3/h5-12,17H,1,13-14H2,2-4H3,(H,22,23)/t17-/m0/s1. The molecule has 0 heterocycles. The third kappa shape index (κ3) is 5.99. The summed E-state index contributed by atoms with van der Waals surface area (Å²) in [5.41, 5.74) is 2.56. The molecule has 4 nitrogen and oxygen atoms in total. The second-order valence-electron chi connectivity index (χ2n) is 6.22. The number of rotatable bonds is 8. The van der Waals surface area contributed by atoms with Crippen LogP contribution >= 0.6 is 0 Å². The van der Waals surface area contributed by atoms with E-state index in [4.69, 9.17) is 9.47 Å².